The van der Waals surface area contributed by atoms with Gasteiger partial charge in [0, 0.05) is 69.1 Å². The van der Waals surface area contributed by atoms with Gasteiger partial charge in [-0.2, -0.15) is 0 Å². The lowest BCUT2D eigenvalue weighted by Gasteiger charge is -2.13. The number of thiophene rings is 1. The summed E-state index contributed by atoms with van der Waals surface area (Å²) in [4.78, 5) is 11.0. The second kappa shape index (κ2) is 11.1. The van der Waals surface area contributed by atoms with Crippen LogP contribution in [0.25, 0.3) is 120 Å². The van der Waals surface area contributed by atoms with E-state index in [0.29, 0.717) is 5.95 Å². The van der Waals surface area contributed by atoms with Gasteiger partial charge in [-0.3, -0.25) is 4.57 Å². The minimum absolute atomic E-state index is 0.632. The van der Waals surface area contributed by atoms with Gasteiger partial charge in [0.15, 0.2) is 0 Å². The average Bonchev–Trinajstić information content (AvgIpc) is 4.01. The molecule has 8 aromatic carbocycles. The summed E-state index contributed by atoms with van der Waals surface area (Å²) in [5.41, 5.74) is 10.1. The third kappa shape index (κ3) is 3.98. The molecule has 0 bridgehead atoms. The van der Waals surface area contributed by atoms with Crippen LogP contribution in [0.2, 0.25) is 0 Å². The predicted octanol–water partition coefficient (Wildman–Crippen LogP) is 13.8. The maximum absolute atomic E-state index is 6.39. The first-order valence-electron chi connectivity index (χ1n) is 18.8. The van der Waals surface area contributed by atoms with Crippen molar-refractivity contribution in [2.75, 3.05) is 0 Å². The van der Waals surface area contributed by atoms with Crippen LogP contribution in [0.15, 0.2) is 174 Å². The fourth-order valence-corrected chi connectivity index (χ4v) is 10.5. The molecule has 0 N–H and O–H groups in total. The van der Waals surface area contributed by atoms with E-state index < -0.39 is 0 Å². The highest BCUT2D eigenvalue weighted by atomic mass is 32.1. The second-order valence-corrected chi connectivity index (χ2v) is 15.5. The summed E-state index contributed by atoms with van der Waals surface area (Å²) in [6.07, 6.45) is 0. The zero-order chi connectivity index (χ0) is 36.5. The van der Waals surface area contributed by atoms with E-state index in [1.807, 2.05) is 23.5 Å². The molecule has 0 unspecified atom stereocenters. The molecule has 0 aliphatic heterocycles. The molecule has 5 aromatic heterocycles. The van der Waals surface area contributed by atoms with Gasteiger partial charge in [-0.25, -0.2) is 9.97 Å². The summed E-state index contributed by atoms with van der Waals surface area (Å²) in [5.74, 6) is 0.632. The van der Waals surface area contributed by atoms with Gasteiger partial charge in [0.25, 0.3) is 0 Å². The van der Waals surface area contributed by atoms with Gasteiger partial charge < -0.3 is 8.98 Å². The summed E-state index contributed by atoms with van der Waals surface area (Å²) < 4.78 is 13.7. The van der Waals surface area contributed by atoms with Gasteiger partial charge in [-0.15, -0.1) is 11.3 Å². The van der Waals surface area contributed by atoms with Crippen molar-refractivity contribution in [2.24, 2.45) is 0 Å². The highest BCUT2D eigenvalue weighted by molar-refractivity contribution is 7.27. The van der Waals surface area contributed by atoms with Crippen LogP contribution in [0.1, 0.15) is 0 Å². The lowest BCUT2D eigenvalue weighted by Crippen LogP contribution is -2.04. The number of nitrogens with zero attached hydrogens (tertiary/aromatic N) is 4. The molecule has 5 nitrogen and oxygen atoms in total. The van der Waals surface area contributed by atoms with Crippen LogP contribution in [0, 0.1) is 0 Å². The van der Waals surface area contributed by atoms with Gasteiger partial charge in [0.2, 0.25) is 5.95 Å². The van der Waals surface area contributed by atoms with E-state index in [0.717, 1.165) is 66.3 Å². The van der Waals surface area contributed by atoms with Crippen LogP contribution >= 0.6 is 11.3 Å². The molecule has 13 aromatic rings. The van der Waals surface area contributed by atoms with E-state index in [2.05, 4.69) is 167 Å². The minimum atomic E-state index is 0.632. The predicted molar refractivity (Wildman–Crippen MR) is 234 cm³/mol. The Kier molecular flexibility index (Phi) is 5.98. The fraction of sp³-hybridized carbons (Fsp3) is 0. The van der Waals surface area contributed by atoms with Crippen LogP contribution in [0.5, 0.6) is 0 Å². The molecule has 0 spiro atoms. The van der Waals surface area contributed by atoms with Crippen molar-refractivity contribution >= 4 is 108 Å². The molecule has 0 aliphatic carbocycles. The Labute approximate surface area is 322 Å². The monoisotopic (exact) mass is 732 g/mol. The molecule has 0 aliphatic rings. The maximum atomic E-state index is 6.39. The van der Waals surface area contributed by atoms with Gasteiger partial charge >= 0.3 is 0 Å². The van der Waals surface area contributed by atoms with E-state index in [4.69, 9.17) is 14.4 Å². The zero-order valence-electron chi connectivity index (χ0n) is 29.8. The molecule has 5 heterocycles. The Bertz CT molecular complexity index is 3770. The molecule has 0 saturated heterocycles. The van der Waals surface area contributed by atoms with Crippen molar-refractivity contribution in [3.63, 3.8) is 0 Å². The first-order chi connectivity index (χ1) is 27.8. The van der Waals surface area contributed by atoms with Crippen LogP contribution in [-0.2, 0) is 0 Å². The lowest BCUT2D eigenvalue weighted by molar-refractivity contribution is 0.669. The van der Waals surface area contributed by atoms with Crippen LogP contribution in [0.3, 0.4) is 0 Å². The van der Waals surface area contributed by atoms with Gasteiger partial charge in [-0.1, -0.05) is 115 Å². The largest absolute Gasteiger partial charge is 0.456 e. The third-order valence-electron chi connectivity index (χ3n) is 11.5. The Hall–Kier alpha value is -7.28. The second-order valence-electron chi connectivity index (χ2n) is 14.5. The maximum Gasteiger partial charge on any atom is 0.235 e. The molecular weight excluding hydrogens is 705 g/mol. The summed E-state index contributed by atoms with van der Waals surface area (Å²) in [6, 6.07) is 60.2. The molecular formula is C50H28N4OS. The van der Waals surface area contributed by atoms with Crippen LogP contribution in [-0.4, -0.2) is 19.1 Å². The molecule has 0 amide bonds. The van der Waals surface area contributed by atoms with E-state index in [-0.39, 0.29) is 0 Å². The Balaban J connectivity index is 1.23. The van der Waals surface area contributed by atoms with Gasteiger partial charge in [0.1, 0.15) is 11.2 Å². The first-order valence-corrected chi connectivity index (χ1v) is 19.7. The molecule has 56 heavy (non-hydrogen) atoms. The molecule has 0 radical (unpaired) electrons. The normalized spacial score (nSPS) is 12.3. The molecule has 13 rings (SSSR count). The zero-order valence-corrected chi connectivity index (χ0v) is 30.6. The lowest BCUT2D eigenvalue weighted by atomic mass is 10.0. The van der Waals surface area contributed by atoms with E-state index in [1.54, 1.807) is 0 Å². The molecule has 0 fully saturated rings. The Morgan fingerprint density at radius 1 is 0.446 bits per heavy atom. The molecule has 260 valence electrons. The Morgan fingerprint density at radius 3 is 1.89 bits per heavy atom. The van der Waals surface area contributed by atoms with Gasteiger partial charge in [-0.05, 0) is 54.6 Å². The van der Waals surface area contributed by atoms with Crippen LogP contribution in [0.4, 0.5) is 0 Å². The van der Waals surface area contributed by atoms with E-state index >= 15 is 0 Å². The fourth-order valence-electron chi connectivity index (χ4n) is 9.19. The van der Waals surface area contributed by atoms with Crippen molar-refractivity contribution < 1.29 is 4.42 Å². The number of hydrogen-bond acceptors (Lipinski definition) is 4. The van der Waals surface area contributed by atoms with Crippen molar-refractivity contribution in [1.82, 2.24) is 19.1 Å². The Morgan fingerprint density at radius 2 is 1.05 bits per heavy atom. The summed E-state index contributed by atoms with van der Waals surface area (Å²) in [7, 11) is 0. The summed E-state index contributed by atoms with van der Waals surface area (Å²) >= 11 is 1.87. The molecule has 0 atom stereocenters. The van der Waals surface area contributed by atoms with Crippen molar-refractivity contribution in [3.8, 4) is 22.9 Å². The number of rotatable bonds is 3. The number of furan rings is 1. The van der Waals surface area contributed by atoms with Crippen molar-refractivity contribution in [1.29, 1.82) is 0 Å². The third-order valence-corrected chi connectivity index (χ3v) is 12.7. The summed E-state index contributed by atoms with van der Waals surface area (Å²) in [6.45, 7) is 0. The minimum Gasteiger partial charge on any atom is -0.456 e. The topological polar surface area (TPSA) is 48.8 Å². The van der Waals surface area contributed by atoms with E-state index in [1.165, 1.54) is 47.2 Å². The number of hydrogen-bond donors (Lipinski definition) is 0. The first kappa shape index (κ1) is 30.1. The smallest absolute Gasteiger partial charge is 0.235 e. The summed E-state index contributed by atoms with van der Waals surface area (Å²) in [5, 5.41) is 10.5. The van der Waals surface area contributed by atoms with Crippen LogP contribution < -0.4 is 0 Å². The average molecular weight is 733 g/mol. The van der Waals surface area contributed by atoms with Gasteiger partial charge in [0.05, 0.1) is 33.3 Å². The number of fused-ring (bicyclic) bond motifs is 16. The number of benzene rings is 8. The van der Waals surface area contributed by atoms with E-state index in [9.17, 15) is 0 Å². The van der Waals surface area contributed by atoms with Crippen molar-refractivity contribution in [2.45, 2.75) is 0 Å². The number of para-hydroxylation sites is 5. The SMILES string of the molecule is c1ccc(-n2c3ccccc3c3c4c(c5ccccc5n4-c4nc(-c5ccc6c(c5)oc5ccccc56)c5ccccc5n4)c4sc5ccccc5c4c32)cc1. The standard InChI is InChI=1S/C50H28N4OS/c1-2-14-30(15-3-1)53-38-22-10-5-18-34(38)43-47(53)45-36-20-8-13-25-42(36)56-49(45)44-35-19-6-11-23-39(35)54(48(43)44)50-51-37-21-9-4-17-33(37)46(52-50)29-26-27-32-31-16-7-12-24-40(31)55-41(32)28-29/h1-28H. The molecule has 0 saturated carbocycles. The highest BCUT2D eigenvalue weighted by Gasteiger charge is 2.28. The number of aromatic nitrogens is 4. The highest BCUT2D eigenvalue weighted by Crippen LogP contribution is 2.51. The quantitative estimate of drug-likeness (QED) is 0.182. The van der Waals surface area contributed by atoms with Crippen molar-refractivity contribution in [3.05, 3.63) is 170 Å². The molecule has 6 heteroatoms.